The van der Waals surface area contributed by atoms with Crippen molar-refractivity contribution in [2.24, 2.45) is 0 Å². The van der Waals surface area contributed by atoms with Crippen molar-refractivity contribution in [2.75, 3.05) is 13.1 Å². The number of rotatable bonds is 6. The van der Waals surface area contributed by atoms with Gasteiger partial charge in [-0.05, 0) is 12.8 Å². The van der Waals surface area contributed by atoms with E-state index in [9.17, 15) is 4.79 Å². The summed E-state index contributed by atoms with van der Waals surface area (Å²) in [4.78, 5) is 10.5. The first-order chi connectivity index (χ1) is 5.70. The summed E-state index contributed by atoms with van der Waals surface area (Å²) in [6, 6.07) is 0.596. The van der Waals surface area contributed by atoms with Crippen LogP contribution in [0.2, 0.25) is 0 Å². The molecule has 0 radical (unpaired) electrons. The highest BCUT2D eigenvalue weighted by Crippen LogP contribution is 1.93. The minimum atomic E-state index is 0.0429. The van der Waals surface area contributed by atoms with Gasteiger partial charge in [-0.25, -0.2) is 0 Å². The lowest BCUT2D eigenvalue weighted by Crippen LogP contribution is -2.35. The SMILES string of the molecule is CCC(CC)NCCNC(C)=O. The van der Waals surface area contributed by atoms with E-state index >= 15 is 0 Å². The Morgan fingerprint density at radius 1 is 1.25 bits per heavy atom. The van der Waals surface area contributed by atoms with Crippen LogP contribution in [0.15, 0.2) is 0 Å². The molecule has 0 rings (SSSR count). The number of carbonyl (C=O) groups is 1. The third kappa shape index (κ3) is 6.16. The molecule has 0 atom stereocenters. The predicted molar refractivity (Wildman–Crippen MR) is 51.1 cm³/mol. The van der Waals surface area contributed by atoms with Crippen LogP contribution < -0.4 is 10.6 Å². The fourth-order valence-corrected chi connectivity index (χ4v) is 1.09. The first kappa shape index (κ1) is 11.4. The highest BCUT2D eigenvalue weighted by atomic mass is 16.1. The summed E-state index contributed by atoms with van der Waals surface area (Å²) in [6.07, 6.45) is 2.30. The van der Waals surface area contributed by atoms with Crippen LogP contribution in [0.3, 0.4) is 0 Å². The normalized spacial score (nSPS) is 10.3. The van der Waals surface area contributed by atoms with E-state index in [1.165, 1.54) is 6.92 Å². The lowest BCUT2D eigenvalue weighted by atomic mass is 10.2. The Morgan fingerprint density at radius 2 is 1.83 bits per heavy atom. The average Bonchev–Trinajstić information content (AvgIpc) is 2.04. The number of hydrogen-bond donors (Lipinski definition) is 2. The molecule has 3 nitrogen and oxygen atoms in total. The highest BCUT2D eigenvalue weighted by Gasteiger charge is 2.00. The lowest BCUT2D eigenvalue weighted by Gasteiger charge is -2.14. The second-order valence-electron chi connectivity index (χ2n) is 2.95. The van der Waals surface area contributed by atoms with Crippen LogP contribution in [0.25, 0.3) is 0 Å². The van der Waals surface area contributed by atoms with Crippen LogP contribution >= 0.6 is 0 Å². The van der Waals surface area contributed by atoms with Crippen LogP contribution in [0.1, 0.15) is 33.6 Å². The van der Waals surface area contributed by atoms with Gasteiger partial charge in [0.25, 0.3) is 0 Å². The Balaban J connectivity index is 3.23. The van der Waals surface area contributed by atoms with Gasteiger partial charge in [0, 0.05) is 26.1 Å². The van der Waals surface area contributed by atoms with Crippen molar-refractivity contribution in [2.45, 2.75) is 39.7 Å². The molecule has 0 aliphatic heterocycles. The molecule has 0 aliphatic carbocycles. The quantitative estimate of drug-likeness (QED) is 0.584. The summed E-state index contributed by atoms with van der Waals surface area (Å²) in [5.74, 6) is 0.0429. The summed E-state index contributed by atoms with van der Waals surface area (Å²) >= 11 is 0. The summed E-state index contributed by atoms with van der Waals surface area (Å²) in [5, 5.41) is 6.11. The van der Waals surface area contributed by atoms with Crippen molar-refractivity contribution >= 4 is 5.91 Å². The van der Waals surface area contributed by atoms with Gasteiger partial charge in [0.05, 0.1) is 0 Å². The molecule has 0 fully saturated rings. The van der Waals surface area contributed by atoms with Gasteiger partial charge in [-0.15, -0.1) is 0 Å². The molecule has 1 amide bonds. The topological polar surface area (TPSA) is 41.1 Å². The maximum Gasteiger partial charge on any atom is 0.216 e. The van der Waals surface area contributed by atoms with Gasteiger partial charge < -0.3 is 10.6 Å². The average molecular weight is 172 g/mol. The molecule has 0 bridgehead atoms. The first-order valence-electron chi connectivity index (χ1n) is 4.68. The van der Waals surface area contributed by atoms with Crippen LogP contribution in [0.4, 0.5) is 0 Å². The highest BCUT2D eigenvalue weighted by molar-refractivity contribution is 5.72. The molecule has 0 saturated carbocycles. The van der Waals surface area contributed by atoms with Crippen molar-refractivity contribution in [3.05, 3.63) is 0 Å². The number of hydrogen-bond acceptors (Lipinski definition) is 2. The minimum Gasteiger partial charge on any atom is -0.355 e. The minimum absolute atomic E-state index is 0.0429. The molecule has 0 aromatic heterocycles. The summed E-state index contributed by atoms with van der Waals surface area (Å²) in [6.45, 7) is 7.47. The smallest absolute Gasteiger partial charge is 0.216 e. The molecule has 72 valence electrons. The molecule has 0 aliphatic rings. The molecular weight excluding hydrogens is 152 g/mol. The molecule has 0 aromatic rings. The predicted octanol–water partition coefficient (Wildman–Crippen LogP) is 0.901. The molecule has 0 aromatic carbocycles. The largest absolute Gasteiger partial charge is 0.355 e. The Morgan fingerprint density at radius 3 is 2.25 bits per heavy atom. The third-order valence-electron chi connectivity index (χ3n) is 1.92. The second-order valence-corrected chi connectivity index (χ2v) is 2.95. The van der Waals surface area contributed by atoms with Crippen molar-refractivity contribution in [3.63, 3.8) is 0 Å². The molecule has 0 heterocycles. The van der Waals surface area contributed by atoms with E-state index in [0.29, 0.717) is 6.04 Å². The maximum absolute atomic E-state index is 10.5. The number of nitrogens with one attached hydrogen (secondary N) is 2. The van der Waals surface area contributed by atoms with E-state index in [1.807, 2.05) is 0 Å². The summed E-state index contributed by atoms with van der Waals surface area (Å²) < 4.78 is 0. The number of amides is 1. The first-order valence-corrected chi connectivity index (χ1v) is 4.68. The monoisotopic (exact) mass is 172 g/mol. The molecule has 2 N–H and O–H groups in total. The Labute approximate surface area is 74.9 Å². The van der Waals surface area contributed by atoms with E-state index in [2.05, 4.69) is 24.5 Å². The van der Waals surface area contributed by atoms with Gasteiger partial charge in [-0.3, -0.25) is 4.79 Å². The molecule has 0 spiro atoms. The van der Waals surface area contributed by atoms with Gasteiger partial charge >= 0.3 is 0 Å². The zero-order valence-electron chi connectivity index (χ0n) is 8.31. The molecular formula is C9H20N2O. The van der Waals surface area contributed by atoms with E-state index in [1.54, 1.807) is 0 Å². The van der Waals surface area contributed by atoms with E-state index in [-0.39, 0.29) is 5.91 Å². The number of carbonyl (C=O) groups excluding carboxylic acids is 1. The van der Waals surface area contributed by atoms with Gasteiger partial charge in [-0.1, -0.05) is 13.8 Å². The molecule has 12 heavy (non-hydrogen) atoms. The van der Waals surface area contributed by atoms with Crippen LogP contribution in [-0.2, 0) is 4.79 Å². The van der Waals surface area contributed by atoms with E-state index in [4.69, 9.17) is 0 Å². The van der Waals surface area contributed by atoms with E-state index in [0.717, 1.165) is 25.9 Å². The molecule has 0 saturated heterocycles. The Bertz CT molecular complexity index is 122. The van der Waals surface area contributed by atoms with Crippen molar-refractivity contribution in [1.82, 2.24) is 10.6 Å². The second kappa shape index (κ2) is 7.10. The standard InChI is InChI=1S/C9H20N2O/c1-4-9(5-2)11-7-6-10-8(3)12/h9,11H,4-7H2,1-3H3,(H,10,12). The van der Waals surface area contributed by atoms with Gasteiger partial charge in [-0.2, -0.15) is 0 Å². The third-order valence-corrected chi connectivity index (χ3v) is 1.92. The van der Waals surface area contributed by atoms with Crippen LogP contribution in [-0.4, -0.2) is 25.0 Å². The lowest BCUT2D eigenvalue weighted by molar-refractivity contribution is -0.118. The van der Waals surface area contributed by atoms with Crippen molar-refractivity contribution in [1.29, 1.82) is 0 Å². The van der Waals surface area contributed by atoms with Crippen molar-refractivity contribution < 1.29 is 4.79 Å². The summed E-state index contributed by atoms with van der Waals surface area (Å²) in [5.41, 5.74) is 0. The van der Waals surface area contributed by atoms with E-state index < -0.39 is 0 Å². The van der Waals surface area contributed by atoms with Gasteiger partial charge in [0.15, 0.2) is 0 Å². The van der Waals surface area contributed by atoms with Gasteiger partial charge in [0.1, 0.15) is 0 Å². The molecule has 0 unspecified atom stereocenters. The van der Waals surface area contributed by atoms with Crippen molar-refractivity contribution in [3.8, 4) is 0 Å². The summed E-state index contributed by atoms with van der Waals surface area (Å²) in [7, 11) is 0. The zero-order valence-corrected chi connectivity index (χ0v) is 8.31. The fourth-order valence-electron chi connectivity index (χ4n) is 1.09. The Hall–Kier alpha value is -0.570. The van der Waals surface area contributed by atoms with Crippen LogP contribution in [0.5, 0.6) is 0 Å². The van der Waals surface area contributed by atoms with Crippen LogP contribution in [0, 0.1) is 0 Å². The Kier molecular flexibility index (Phi) is 6.76. The molecule has 3 heteroatoms. The zero-order chi connectivity index (χ0) is 9.40. The maximum atomic E-state index is 10.5. The van der Waals surface area contributed by atoms with Gasteiger partial charge in [0.2, 0.25) is 5.91 Å². The fraction of sp³-hybridized carbons (Fsp3) is 0.889.